The normalized spacial score (nSPS) is 21.4. The molecule has 14 heavy (non-hydrogen) atoms. The number of amides is 1. The molecule has 1 atom stereocenters. The van der Waals surface area contributed by atoms with E-state index in [9.17, 15) is 9.59 Å². The van der Waals surface area contributed by atoms with E-state index in [1.807, 2.05) is 0 Å². The second-order valence-corrected chi connectivity index (χ2v) is 3.40. The van der Waals surface area contributed by atoms with Crippen LogP contribution >= 0.6 is 0 Å². The van der Waals surface area contributed by atoms with Gasteiger partial charge in [0.1, 0.15) is 0 Å². The molecule has 4 nitrogen and oxygen atoms in total. The summed E-state index contributed by atoms with van der Waals surface area (Å²) in [5.74, 6) is 0.874. The van der Waals surface area contributed by atoms with E-state index in [0.717, 1.165) is 6.42 Å². The third-order valence-electron chi connectivity index (χ3n) is 2.38. The van der Waals surface area contributed by atoms with Gasteiger partial charge in [0.25, 0.3) is 0 Å². The van der Waals surface area contributed by atoms with Crippen molar-refractivity contribution in [2.75, 3.05) is 13.1 Å². The molecule has 1 aliphatic heterocycles. The molecule has 0 saturated carbocycles. The molecule has 1 fully saturated rings. The van der Waals surface area contributed by atoms with Gasteiger partial charge in [0.05, 0.1) is 12.3 Å². The van der Waals surface area contributed by atoms with E-state index in [2.05, 4.69) is 5.92 Å². The van der Waals surface area contributed by atoms with E-state index in [1.165, 1.54) is 0 Å². The third-order valence-corrected chi connectivity index (χ3v) is 2.38. The maximum absolute atomic E-state index is 11.4. The number of aliphatic carboxylic acids is 1. The van der Waals surface area contributed by atoms with E-state index in [0.29, 0.717) is 19.5 Å². The van der Waals surface area contributed by atoms with Crippen LogP contribution in [0.3, 0.4) is 0 Å². The number of carboxylic acids is 1. The Morgan fingerprint density at radius 1 is 1.57 bits per heavy atom. The third kappa shape index (κ3) is 2.49. The zero-order valence-electron chi connectivity index (χ0n) is 7.90. The SMILES string of the molecule is C#CCC(=O)N1CCC[C@H](C(=O)O)C1. The quantitative estimate of drug-likeness (QED) is 0.646. The first-order valence-electron chi connectivity index (χ1n) is 4.59. The van der Waals surface area contributed by atoms with Crippen molar-refractivity contribution in [3.8, 4) is 12.3 Å². The molecular weight excluding hydrogens is 182 g/mol. The van der Waals surface area contributed by atoms with Crippen molar-refractivity contribution in [3.05, 3.63) is 0 Å². The number of hydrogen-bond donors (Lipinski definition) is 1. The first-order chi connectivity index (χ1) is 6.65. The Bertz CT molecular complexity index is 280. The summed E-state index contributed by atoms with van der Waals surface area (Å²) >= 11 is 0. The van der Waals surface area contributed by atoms with Gasteiger partial charge in [-0.15, -0.1) is 6.42 Å². The van der Waals surface area contributed by atoms with Crippen molar-refractivity contribution in [1.82, 2.24) is 4.90 Å². The second kappa shape index (κ2) is 4.66. The highest BCUT2D eigenvalue weighted by Gasteiger charge is 2.27. The first-order valence-corrected chi connectivity index (χ1v) is 4.59. The Morgan fingerprint density at radius 3 is 2.86 bits per heavy atom. The largest absolute Gasteiger partial charge is 0.481 e. The van der Waals surface area contributed by atoms with E-state index < -0.39 is 11.9 Å². The number of carbonyl (C=O) groups is 2. The Hall–Kier alpha value is -1.50. The van der Waals surface area contributed by atoms with Crippen LogP contribution in [0.1, 0.15) is 19.3 Å². The molecule has 1 N–H and O–H groups in total. The molecule has 4 heteroatoms. The summed E-state index contributed by atoms with van der Waals surface area (Å²) in [6, 6.07) is 0. The lowest BCUT2D eigenvalue weighted by atomic mass is 9.98. The summed E-state index contributed by atoms with van der Waals surface area (Å²) in [4.78, 5) is 23.6. The highest BCUT2D eigenvalue weighted by molar-refractivity contribution is 5.79. The fraction of sp³-hybridized carbons (Fsp3) is 0.600. The second-order valence-electron chi connectivity index (χ2n) is 3.40. The summed E-state index contributed by atoms with van der Waals surface area (Å²) in [6.45, 7) is 0.931. The lowest BCUT2D eigenvalue weighted by molar-refractivity contribution is -0.145. The van der Waals surface area contributed by atoms with Gasteiger partial charge in [-0.1, -0.05) is 5.92 Å². The molecule has 1 rings (SSSR count). The van der Waals surface area contributed by atoms with Crippen molar-refractivity contribution in [1.29, 1.82) is 0 Å². The van der Waals surface area contributed by atoms with Gasteiger partial charge in [-0.3, -0.25) is 9.59 Å². The summed E-state index contributed by atoms with van der Waals surface area (Å²) in [6.07, 6.45) is 6.47. The molecule has 1 aliphatic rings. The maximum Gasteiger partial charge on any atom is 0.308 e. The Balaban J connectivity index is 2.52. The van der Waals surface area contributed by atoms with Crippen LogP contribution in [0.2, 0.25) is 0 Å². The van der Waals surface area contributed by atoms with Crippen molar-refractivity contribution < 1.29 is 14.7 Å². The van der Waals surface area contributed by atoms with Crippen molar-refractivity contribution in [3.63, 3.8) is 0 Å². The van der Waals surface area contributed by atoms with E-state index >= 15 is 0 Å². The molecule has 0 aromatic heterocycles. The topological polar surface area (TPSA) is 57.6 Å². The molecule has 1 amide bonds. The molecule has 0 radical (unpaired) electrons. The predicted molar refractivity (Wildman–Crippen MR) is 50.4 cm³/mol. The molecule has 0 spiro atoms. The van der Waals surface area contributed by atoms with Crippen LogP contribution in [0.4, 0.5) is 0 Å². The van der Waals surface area contributed by atoms with Crippen LogP contribution in [0.5, 0.6) is 0 Å². The number of carboxylic acid groups (broad SMARTS) is 1. The van der Waals surface area contributed by atoms with Crippen LogP contribution in [-0.4, -0.2) is 35.0 Å². The van der Waals surface area contributed by atoms with Gasteiger partial charge in [0, 0.05) is 13.1 Å². The highest BCUT2D eigenvalue weighted by Crippen LogP contribution is 2.16. The van der Waals surface area contributed by atoms with Gasteiger partial charge in [-0.2, -0.15) is 0 Å². The van der Waals surface area contributed by atoms with Gasteiger partial charge in [0.2, 0.25) is 5.91 Å². The van der Waals surface area contributed by atoms with Gasteiger partial charge in [0.15, 0.2) is 0 Å². The molecule has 76 valence electrons. The lowest BCUT2D eigenvalue weighted by Gasteiger charge is -2.30. The monoisotopic (exact) mass is 195 g/mol. The zero-order valence-corrected chi connectivity index (χ0v) is 7.90. The fourth-order valence-corrected chi connectivity index (χ4v) is 1.60. The number of nitrogens with zero attached hydrogens (tertiary/aromatic N) is 1. The average molecular weight is 195 g/mol. The lowest BCUT2D eigenvalue weighted by Crippen LogP contribution is -2.42. The predicted octanol–water partition coefficient (Wildman–Crippen LogP) is 0.333. The number of carbonyl (C=O) groups excluding carboxylic acids is 1. The van der Waals surface area contributed by atoms with Crippen molar-refractivity contribution in [2.24, 2.45) is 5.92 Å². The smallest absolute Gasteiger partial charge is 0.308 e. The van der Waals surface area contributed by atoms with Crippen molar-refractivity contribution >= 4 is 11.9 Å². The van der Waals surface area contributed by atoms with Gasteiger partial charge < -0.3 is 10.0 Å². The first kappa shape index (κ1) is 10.6. The molecule has 1 saturated heterocycles. The van der Waals surface area contributed by atoms with Crippen LogP contribution in [0.15, 0.2) is 0 Å². The summed E-state index contributed by atoms with van der Waals surface area (Å²) < 4.78 is 0. The highest BCUT2D eigenvalue weighted by atomic mass is 16.4. The zero-order chi connectivity index (χ0) is 10.6. The van der Waals surface area contributed by atoms with E-state index in [1.54, 1.807) is 4.90 Å². The number of hydrogen-bond acceptors (Lipinski definition) is 2. The van der Waals surface area contributed by atoms with Gasteiger partial charge in [-0.05, 0) is 12.8 Å². The Labute approximate surface area is 82.9 Å². The molecule has 0 aliphatic carbocycles. The number of terminal acetylenes is 1. The molecule has 0 unspecified atom stereocenters. The summed E-state index contributed by atoms with van der Waals surface area (Å²) in [7, 11) is 0. The standard InChI is InChI=1S/C10H13NO3/c1-2-4-9(12)11-6-3-5-8(7-11)10(13)14/h1,8H,3-7H2,(H,13,14)/t8-/m0/s1. The Morgan fingerprint density at radius 2 is 2.29 bits per heavy atom. The van der Waals surface area contributed by atoms with Crippen LogP contribution in [-0.2, 0) is 9.59 Å². The minimum atomic E-state index is -0.830. The van der Waals surface area contributed by atoms with Gasteiger partial charge in [-0.25, -0.2) is 0 Å². The average Bonchev–Trinajstić information content (AvgIpc) is 2.18. The molecule has 0 bridgehead atoms. The van der Waals surface area contributed by atoms with Crippen molar-refractivity contribution in [2.45, 2.75) is 19.3 Å². The van der Waals surface area contributed by atoms with Gasteiger partial charge >= 0.3 is 5.97 Å². The van der Waals surface area contributed by atoms with Crippen LogP contribution in [0, 0.1) is 18.3 Å². The molecular formula is C10H13NO3. The Kier molecular flexibility index (Phi) is 3.52. The number of rotatable bonds is 2. The summed E-state index contributed by atoms with van der Waals surface area (Å²) in [5.41, 5.74) is 0. The summed E-state index contributed by atoms with van der Waals surface area (Å²) in [5, 5.41) is 8.79. The number of likely N-dealkylation sites (tertiary alicyclic amines) is 1. The van der Waals surface area contributed by atoms with Crippen LogP contribution < -0.4 is 0 Å². The molecule has 0 aromatic carbocycles. The molecule has 0 aromatic rings. The fourth-order valence-electron chi connectivity index (χ4n) is 1.60. The van der Waals surface area contributed by atoms with E-state index in [4.69, 9.17) is 11.5 Å². The minimum Gasteiger partial charge on any atom is -0.481 e. The minimum absolute atomic E-state index is 0.0618. The van der Waals surface area contributed by atoms with Crippen LogP contribution in [0.25, 0.3) is 0 Å². The van der Waals surface area contributed by atoms with E-state index in [-0.39, 0.29) is 12.3 Å². The number of piperidine rings is 1. The maximum atomic E-state index is 11.4. The molecule has 1 heterocycles.